The Balaban J connectivity index is 1.46. The van der Waals surface area contributed by atoms with Crippen molar-refractivity contribution in [2.45, 2.75) is 0 Å². The fourth-order valence-corrected chi connectivity index (χ4v) is 6.27. The maximum atomic E-state index is 9.26. The van der Waals surface area contributed by atoms with Gasteiger partial charge in [0.2, 0.25) is 0 Å². The zero-order chi connectivity index (χ0) is 39.5. The molecule has 0 atom stereocenters. The summed E-state index contributed by atoms with van der Waals surface area (Å²) >= 11 is 0. The Morgan fingerprint density at radius 3 is 1.39 bits per heavy atom. The van der Waals surface area contributed by atoms with E-state index in [-0.39, 0.29) is 27.6 Å². The summed E-state index contributed by atoms with van der Waals surface area (Å²) in [6.07, 6.45) is 0. The van der Waals surface area contributed by atoms with Gasteiger partial charge in [-0.05, 0) is 46.5 Å². The molecule has 2 heterocycles. The third-order valence-electron chi connectivity index (χ3n) is 8.53. The van der Waals surface area contributed by atoms with E-state index < -0.39 is 48.3 Å². The van der Waals surface area contributed by atoms with Crippen molar-refractivity contribution < 1.29 is 11.0 Å². The maximum Gasteiger partial charge on any atom is 0.166 e. The standard InChI is InChI=1S/C45H30N4/c1-4-16-31(17-5-1)35-22-10-11-23-36(35)34-28-29-39(42(30-34)49-40-26-14-12-24-37(40)38-25-13-15-27-41(38)49)45-47-43(32-18-6-2-7-19-32)46-44(48-45)33-20-8-3-9-21-33/h1-30H/i12D,13D,14D,15D,24D,25D,26D,27D. The van der Waals surface area contributed by atoms with Gasteiger partial charge in [-0.1, -0.05) is 158 Å². The van der Waals surface area contributed by atoms with E-state index in [0.717, 1.165) is 33.4 Å². The van der Waals surface area contributed by atoms with E-state index >= 15 is 0 Å². The molecule has 0 spiro atoms. The molecule has 9 rings (SSSR count). The molecule has 0 aliphatic rings. The minimum Gasteiger partial charge on any atom is -0.308 e. The number of rotatable bonds is 6. The second kappa shape index (κ2) is 12.2. The Kier molecular flexibility index (Phi) is 5.29. The van der Waals surface area contributed by atoms with E-state index in [4.69, 9.17) is 23.2 Å². The Labute approximate surface area is 295 Å². The number of aromatic nitrogens is 4. The maximum absolute atomic E-state index is 9.26. The Morgan fingerprint density at radius 2 is 0.837 bits per heavy atom. The van der Waals surface area contributed by atoms with Crippen molar-refractivity contribution in [2.75, 3.05) is 0 Å². The van der Waals surface area contributed by atoms with E-state index in [1.807, 2.05) is 133 Å². The molecule has 0 unspecified atom stereocenters. The molecule has 230 valence electrons. The summed E-state index contributed by atoms with van der Waals surface area (Å²) in [4.78, 5) is 14.9. The van der Waals surface area contributed by atoms with Crippen LogP contribution in [0, 0.1) is 0 Å². The van der Waals surface area contributed by atoms with Crippen LogP contribution in [0.25, 0.3) is 83.9 Å². The number of hydrogen-bond donors (Lipinski definition) is 0. The number of benzene rings is 7. The summed E-state index contributed by atoms with van der Waals surface area (Å²) < 4.78 is 72.8. The highest BCUT2D eigenvalue weighted by molar-refractivity contribution is 6.09. The molecule has 0 bridgehead atoms. The number of para-hydroxylation sites is 2. The van der Waals surface area contributed by atoms with Crippen molar-refractivity contribution in [1.29, 1.82) is 0 Å². The molecule has 0 saturated heterocycles. The first-order valence-electron chi connectivity index (χ1n) is 19.8. The SMILES string of the molecule is [2H]c1c([2H])c([2H])c2c(c1[2H])c1c([2H])c([2H])c([2H])c([2H])c1n2-c1cc(-c2ccccc2-c2ccccc2)ccc1-c1nc(-c2ccccc2)nc(-c2ccccc2)n1. The molecule has 7 aromatic carbocycles. The zero-order valence-electron chi connectivity index (χ0n) is 34.0. The van der Waals surface area contributed by atoms with Gasteiger partial charge in [0.05, 0.1) is 27.7 Å². The summed E-state index contributed by atoms with van der Waals surface area (Å²) in [6, 6.07) is 38.8. The molecule has 0 amide bonds. The summed E-state index contributed by atoms with van der Waals surface area (Å²) in [7, 11) is 0. The van der Waals surface area contributed by atoms with Crippen LogP contribution in [0.5, 0.6) is 0 Å². The average Bonchev–Trinajstić information content (AvgIpc) is 3.63. The lowest BCUT2D eigenvalue weighted by molar-refractivity contribution is 1.06. The highest BCUT2D eigenvalue weighted by Crippen LogP contribution is 2.40. The third-order valence-corrected chi connectivity index (χ3v) is 8.53. The first kappa shape index (κ1) is 21.3. The molecule has 0 fully saturated rings. The van der Waals surface area contributed by atoms with E-state index in [1.54, 1.807) is 0 Å². The van der Waals surface area contributed by atoms with Crippen LogP contribution >= 0.6 is 0 Å². The van der Waals surface area contributed by atoms with E-state index in [1.165, 1.54) is 4.57 Å². The topological polar surface area (TPSA) is 43.6 Å². The normalized spacial score (nSPS) is 13.6. The van der Waals surface area contributed by atoms with Crippen molar-refractivity contribution in [3.63, 3.8) is 0 Å². The average molecular weight is 635 g/mol. The van der Waals surface area contributed by atoms with Crippen LogP contribution in [0.1, 0.15) is 11.0 Å². The van der Waals surface area contributed by atoms with Gasteiger partial charge in [0.25, 0.3) is 0 Å². The molecule has 4 nitrogen and oxygen atoms in total. The molecule has 0 N–H and O–H groups in total. The minimum atomic E-state index is -0.512. The highest BCUT2D eigenvalue weighted by atomic mass is 15.1. The van der Waals surface area contributed by atoms with Crippen LogP contribution < -0.4 is 0 Å². The van der Waals surface area contributed by atoms with Crippen molar-refractivity contribution in [3.05, 3.63) is 182 Å². The van der Waals surface area contributed by atoms with Gasteiger partial charge in [0.15, 0.2) is 17.5 Å². The van der Waals surface area contributed by atoms with Crippen molar-refractivity contribution >= 4 is 21.8 Å². The molecular formula is C45H30N4. The second-order valence-corrected chi connectivity index (χ2v) is 11.5. The van der Waals surface area contributed by atoms with Gasteiger partial charge in [-0.15, -0.1) is 0 Å². The van der Waals surface area contributed by atoms with Crippen molar-refractivity contribution in [2.24, 2.45) is 0 Å². The van der Waals surface area contributed by atoms with Crippen molar-refractivity contribution in [1.82, 2.24) is 19.5 Å². The van der Waals surface area contributed by atoms with Crippen LogP contribution in [-0.2, 0) is 0 Å². The molecule has 0 aliphatic carbocycles. The zero-order valence-corrected chi connectivity index (χ0v) is 26.0. The van der Waals surface area contributed by atoms with Crippen LogP contribution in [0.4, 0.5) is 0 Å². The fourth-order valence-electron chi connectivity index (χ4n) is 6.27. The van der Waals surface area contributed by atoms with Gasteiger partial charge in [-0.25, -0.2) is 15.0 Å². The van der Waals surface area contributed by atoms with Crippen molar-refractivity contribution in [3.8, 4) is 62.1 Å². The Hall–Kier alpha value is -6.65. The van der Waals surface area contributed by atoms with Gasteiger partial charge >= 0.3 is 0 Å². The Bertz CT molecular complexity index is 2910. The van der Waals surface area contributed by atoms with Gasteiger partial charge in [0.1, 0.15) is 0 Å². The van der Waals surface area contributed by atoms with Gasteiger partial charge in [-0.2, -0.15) is 0 Å². The molecular weight excluding hydrogens is 597 g/mol. The van der Waals surface area contributed by atoms with Crippen LogP contribution in [-0.4, -0.2) is 19.5 Å². The number of hydrogen-bond acceptors (Lipinski definition) is 3. The summed E-state index contributed by atoms with van der Waals surface area (Å²) in [5.74, 6) is 1.04. The Morgan fingerprint density at radius 1 is 0.388 bits per heavy atom. The summed E-state index contributed by atoms with van der Waals surface area (Å²) in [6.45, 7) is 0. The first-order chi connectivity index (χ1) is 27.6. The molecule has 9 aromatic rings. The third kappa shape index (κ3) is 5.16. The fraction of sp³-hybridized carbons (Fsp3) is 0. The van der Waals surface area contributed by atoms with E-state index in [9.17, 15) is 2.74 Å². The predicted molar refractivity (Wildman–Crippen MR) is 201 cm³/mol. The van der Waals surface area contributed by atoms with Crippen LogP contribution in [0.2, 0.25) is 0 Å². The molecule has 2 aromatic heterocycles. The van der Waals surface area contributed by atoms with E-state index in [2.05, 4.69) is 0 Å². The molecule has 49 heavy (non-hydrogen) atoms. The summed E-state index contributed by atoms with van der Waals surface area (Å²) in [5, 5.41) is -0.0377. The van der Waals surface area contributed by atoms with Gasteiger partial charge in [-0.3, -0.25) is 0 Å². The lowest BCUT2D eigenvalue weighted by Crippen LogP contribution is -2.04. The molecule has 0 radical (unpaired) electrons. The smallest absolute Gasteiger partial charge is 0.166 e. The predicted octanol–water partition coefficient (Wildman–Crippen LogP) is 11.3. The minimum absolute atomic E-state index is 0.00151. The molecule has 0 saturated carbocycles. The monoisotopic (exact) mass is 634 g/mol. The summed E-state index contributed by atoms with van der Waals surface area (Å²) in [5.41, 5.74) is 5.80. The lowest BCUT2D eigenvalue weighted by Gasteiger charge is -2.17. The number of nitrogens with zero attached hydrogens (tertiary/aromatic N) is 4. The first-order valence-corrected chi connectivity index (χ1v) is 15.8. The quantitative estimate of drug-likeness (QED) is 0.183. The van der Waals surface area contributed by atoms with Gasteiger partial charge < -0.3 is 4.57 Å². The largest absolute Gasteiger partial charge is 0.308 e. The van der Waals surface area contributed by atoms with Gasteiger partial charge in [0, 0.05) is 27.5 Å². The number of fused-ring (bicyclic) bond motifs is 3. The van der Waals surface area contributed by atoms with Crippen LogP contribution in [0.3, 0.4) is 0 Å². The molecule has 0 aliphatic heterocycles. The second-order valence-electron chi connectivity index (χ2n) is 11.5. The van der Waals surface area contributed by atoms with E-state index in [0.29, 0.717) is 22.9 Å². The lowest BCUT2D eigenvalue weighted by atomic mass is 9.93. The van der Waals surface area contributed by atoms with Crippen LogP contribution in [0.15, 0.2) is 182 Å². The highest BCUT2D eigenvalue weighted by Gasteiger charge is 2.20. The molecule has 4 heteroatoms.